The van der Waals surface area contributed by atoms with Gasteiger partial charge < -0.3 is 0 Å². The van der Waals surface area contributed by atoms with Crippen molar-refractivity contribution in [3.05, 3.63) is 71.8 Å². The van der Waals surface area contributed by atoms with E-state index >= 15 is 0 Å². The molecule has 0 spiro atoms. The zero-order valence-corrected chi connectivity index (χ0v) is 16.1. The third-order valence-corrected chi connectivity index (χ3v) is 3.01. The van der Waals surface area contributed by atoms with E-state index in [9.17, 15) is 19.2 Å². The van der Waals surface area contributed by atoms with Gasteiger partial charge in [0, 0.05) is 11.1 Å². The average Bonchev–Trinajstić information content (AvgIpc) is 2.64. The molecule has 0 aliphatic rings. The van der Waals surface area contributed by atoms with Crippen LogP contribution in [0.15, 0.2) is 60.7 Å². The van der Waals surface area contributed by atoms with Crippen LogP contribution < -0.4 is 0 Å². The normalized spacial score (nSPS) is 8.81. The summed E-state index contributed by atoms with van der Waals surface area (Å²) in [5, 5.41) is 0. The number of benzene rings is 2. The second-order valence-electron chi connectivity index (χ2n) is 5.34. The summed E-state index contributed by atoms with van der Waals surface area (Å²) in [6.07, 6.45) is 0.00796. The minimum atomic E-state index is -0.108. The number of carbonyl (C=O) groups is 4. The SMILES string of the molecule is CC(=O)CC(=O)c1ccccc1.CC(=O)CC(=O)c1ccccc1.[O]=[V]. The summed E-state index contributed by atoms with van der Waals surface area (Å²) in [6, 6.07) is 17.7. The fourth-order valence-corrected chi connectivity index (χ4v) is 1.90. The molecule has 0 heterocycles. The van der Waals surface area contributed by atoms with Gasteiger partial charge in [-0.25, -0.2) is 0 Å². The Kier molecular flexibility index (Phi) is 12.4. The Morgan fingerprint density at radius 1 is 0.615 bits per heavy atom. The van der Waals surface area contributed by atoms with Crippen LogP contribution in [0.5, 0.6) is 0 Å². The van der Waals surface area contributed by atoms with E-state index in [2.05, 4.69) is 0 Å². The molecule has 0 unspecified atom stereocenters. The van der Waals surface area contributed by atoms with Crippen molar-refractivity contribution in [1.29, 1.82) is 0 Å². The number of rotatable bonds is 6. The van der Waals surface area contributed by atoms with Gasteiger partial charge in [-0.15, -0.1) is 0 Å². The van der Waals surface area contributed by atoms with Crippen molar-refractivity contribution in [1.82, 2.24) is 0 Å². The molecular weight excluding hydrogens is 371 g/mol. The van der Waals surface area contributed by atoms with Crippen LogP contribution >= 0.6 is 0 Å². The molecule has 0 fully saturated rings. The molecule has 2 rings (SSSR count). The predicted molar refractivity (Wildman–Crippen MR) is 92.8 cm³/mol. The summed E-state index contributed by atoms with van der Waals surface area (Å²) >= 11 is 1.06. The number of hydrogen-bond donors (Lipinski definition) is 0. The number of carbonyl (C=O) groups excluding carboxylic acids is 4. The summed E-state index contributed by atoms with van der Waals surface area (Å²) in [5.41, 5.74) is 1.21. The zero-order chi connectivity index (χ0) is 19.9. The van der Waals surface area contributed by atoms with Crippen LogP contribution in [0.4, 0.5) is 0 Å². The molecule has 0 saturated carbocycles. The van der Waals surface area contributed by atoms with Crippen LogP contribution in [0.25, 0.3) is 0 Å². The van der Waals surface area contributed by atoms with Gasteiger partial charge in [-0.1, -0.05) is 60.7 Å². The van der Waals surface area contributed by atoms with E-state index in [4.69, 9.17) is 3.67 Å². The van der Waals surface area contributed by atoms with Crippen LogP contribution in [-0.4, -0.2) is 23.1 Å². The average molecular weight is 391 g/mol. The molecular formula is C20H20O5V. The van der Waals surface area contributed by atoms with E-state index in [-0.39, 0.29) is 36.0 Å². The van der Waals surface area contributed by atoms with E-state index < -0.39 is 0 Å². The Balaban J connectivity index is 0.000000439. The molecule has 0 bridgehead atoms. The van der Waals surface area contributed by atoms with E-state index in [1.54, 1.807) is 48.5 Å². The van der Waals surface area contributed by atoms with Gasteiger partial charge in [0.25, 0.3) is 0 Å². The standard InChI is InChI=1S/2C10H10O2.O.V/c2*1-8(11)7-10(12)9-5-3-2-4-6-9;;/h2*2-6H,7H2,1H3;;. The monoisotopic (exact) mass is 391 g/mol. The maximum absolute atomic E-state index is 11.2. The minimum absolute atomic E-state index is 0.00398. The molecule has 2 aromatic rings. The number of ketones is 4. The van der Waals surface area contributed by atoms with Crippen molar-refractivity contribution in [2.45, 2.75) is 26.7 Å². The zero-order valence-electron chi connectivity index (χ0n) is 14.7. The molecule has 0 aromatic heterocycles. The first-order valence-corrected chi connectivity index (χ1v) is 8.30. The molecule has 0 atom stereocenters. The Morgan fingerprint density at radius 3 is 1.12 bits per heavy atom. The number of Topliss-reactive ketones (excluding diaryl/α,β-unsaturated/α-hetero) is 4. The van der Waals surface area contributed by atoms with Gasteiger partial charge in [-0.05, 0) is 13.8 Å². The second kappa shape index (κ2) is 13.8. The molecule has 0 aliphatic carbocycles. The maximum atomic E-state index is 11.2. The van der Waals surface area contributed by atoms with E-state index in [1.165, 1.54) is 13.8 Å². The van der Waals surface area contributed by atoms with E-state index in [0.29, 0.717) is 11.1 Å². The Labute approximate surface area is 162 Å². The molecule has 0 amide bonds. The summed E-state index contributed by atoms with van der Waals surface area (Å²) < 4.78 is 8.19. The molecule has 6 heteroatoms. The van der Waals surface area contributed by atoms with Crippen LogP contribution in [0.3, 0.4) is 0 Å². The third-order valence-electron chi connectivity index (χ3n) is 3.01. The Hall–Kier alpha value is -2.50. The van der Waals surface area contributed by atoms with Gasteiger partial charge in [0.1, 0.15) is 11.6 Å². The summed E-state index contributed by atoms with van der Waals surface area (Å²) in [5.74, 6) is -0.404. The number of hydrogen-bond acceptors (Lipinski definition) is 5. The van der Waals surface area contributed by atoms with E-state index in [0.717, 1.165) is 17.4 Å². The molecule has 0 aliphatic heterocycles. The molecule has 5 nitrogen and oxygen atoms in total. The first-order chi connectivity index (χ1) is 12.4. The molecule has 0 N–H and O–H groups in total. The second-order valence-corrected chi connectivity index (χ2v) is 5.34. The predicted octanol–water partition coefficient (Wildman–Crippen LogP) is 3.58. The van der Waals surface area contributed by atoms with Crippen molar-refractivity contribution < 1.29 is 40.2 Å². The van der Waals surface area contributed by atoms with Gasteiger partial charge in [-0.2, -0.15) is 0 Å². The van der Waals surface area contributed by atoms with Crippen molar-refractivity contribution >= 4 is 23.1 Å². The van der Waals surface area contributed by atoms with Crippen molar-refractivity contribution in [2.24, 2.45) is 0 Å². The van der Waals surface area contributed by atoms with Crippen molar-refractivity contribution in [3.8, 4) is 0 Å². The Bertz CT molecular complexity index is 663. The first kappa shape index (κ1) is 23.5. The fraction of sp³-hybridized carbons (Fsp3) is 0.200. The molecule has 135 valence electrons. The topological polar surface area (TPSA) is 85.3 Å². The first-order valence-electron chi connectivity index (χ1n) is 7.73. The fourth-order valence-electron chi connectivity index (χ4n) is 1.90. The van der Waals surface area contributed by atoms with Crippen LogP contribution in [-0.2, 0) is 30.6 Å². The molecule has 0 saturated heterocycles. The van der Waals surface area contributed by atoms with Gasteiger partial charge >= 0.3 is 21.0 Å². The third kappa shape index (κ3) is 10.4. The molecule has 0 radical (unpaired) electrons. The summed E-state index contributed by atoms with van der Waals surface area (Å²) in [7, 11) is 0. The van der Waals surface area contributed by atoms with E-state index in [1.807, 2.05) is 12.1 Å². The van der Waals surface area contributed by atoms with Crippen LogP contribution in [0, 0.1) is 0 Å². The van der Waals surface area contributed by atoms with Gasteiger partial charge in [0.05, 0.1) is 12.8 Å². The molecule has 2 aromatic carbocycles. The molecule has 26 heavy (non-hydrogen) atoms. The van der Waals surface area contributed by atoms with Crippen LogP contribution in [0.2, 0.25) is 0 Å². The Morgan fingerprint density at radius 2 is 0.885 bits per heavy atom. The van der Waals surface area contributed by atoms with Crippen molar-refractivity contribution in [3.63, 3.8) is 0 Å². The quantitative estimate of drug-likeness (QED) is 0.555. The summed E-state index contributed by atoms with van der Waals surface area (Å²) in [6.45, 7) is 2.84. The van der Waals surface area contributed by atoms with Gasteiger partial charge in [0.15, 0.2) is 11.6 Å². The van der Waals surface area contributed by atoms with Crippen LogP contribution in [0.1, 0.15) is 47.4 Å². The van der Waals surface area contributed by atoms with Gasteiger partial charge in [0.2, 0.25) is 0 Å². The summed E-state index contributed by atoms with van der Waals surface area (Å²) in [4.78, 5) is 43.7. The van der Waals surface area contributed by atoms with Crippen molar-refractivity contribution in [2.75, 3.05) is 0 Å². The van der Waals surface area contributed by atoms with Gasteiger partial charge in [-0.3, -0.25) is 19.2 Å².